The van der Waals surface area contributed by atoms with Crippen LogP contribution in [0.15, 0.2) is 10.6 Å². The van der Waals surface area contributed by atoms with Gasteiger partial charge in [-0.1, -0.05) is 5.16 Å². The van der Waals surface area contributed by atoms with Gasteiger partial charge in [0, 0.05) is 12.6 Å². The van der Waals surface area contributed by atoms with E-state index in [-0.39, 0.29) is 30.9 Å². The average molecular weight is 292 g/mol. The van der Waals surface area contributed by atoms with Crippen molar-refractivity contribution >= 4 is 17.8 Å². The maximum absolute atomic E-state index is 12.4. The predicted molar refractivity (Wildman–Crippen MR) is 70.0 cm³/mol. The fourth-order valence-electron chi connectivity index (χ4n) is 2.74. The summed E-state index contributed by atoms with van der Waals surface area (Å²) < 4.78 is 5.24. The highest BCUT2D eigenvalue weighted by atomic mass is 16.5. The molecule has 0 saturated carbocycles. The Bertz CT molecular complexity index is 581. The van der Waals surface area contributed by atoms with Crippen LogP contribution in [0, 0.1) is 6.92 Å². The summed E-state index contributed by atoms with van der Waals surface area (Å²) >= 11 is 0. The summed E-state index contributed by atoms with van der Waals surface area (Å²) in [6.45, 7) is 2.14. The first-order chi connectivity index (χ1) is 10.1. The molecule has 0 aromatic carbocycles. The number of nitrogens with zero attached hydrogens (tertiary/aromatic N) is 3. The zero-order valence-corrected chi connectivity index (χ0v) is 11.7. The molecule has 1 aromatic rings. The van der Waals surface area contributed by atoms with Crippen LogP contribution in [0.4, 0.5) is 4.79 Å². The van der Waals surface area contributed by atoms with E-state index in [0.29, 0.717) is 12.3 Å². The normalized spacial score (nSPS) is 22.0. The Hall–Kier alpha value is -2.38. The van der Waals surface area contributed by atoms with Crippen molar-refractivity contribution in [1.29, 1.82) is 0 Å². The van der Waals surface area contributed by atoms with Gasteiger partial charge >= 0.3 is 6.03 Å². The maximum Gasteiger partial charge on any atom is 0.325 e. The molecule has 3 heterocycles. The molecule has 8 nitrogen and oxygen atoms in total. The third kappa shape index (κ3) is 2.48. The Balaban J connectivity index is 1.71. The van der Waals surface area contributed by atoms with Crippen molar-refractivity contribution in [3.05, 3.63) is 17.5 Å². The maximum atomic E-state index is 12.4. The minimum atomic E-state index is -0.514. The molecule has 0 spiro atoms. The lowest BCUT2D eigenvalue weighted by Gasteiger charge is -2.24. The van der Waals surface area contributed by atoms with Crippen molar-refractivity contribution in [2.24, 2.45) is 0 Å². The molecular formula is C13H16N4O4. The van der Waals surface area contributed by atoms with Crippen LogP contribution >= 0.6 is 0 Å². The summed E-state index contributed by atoms with van der Waals surface area (Å²) in [4.78, 5) is 38.0. The molecule has 21 heavy (non-hydrogen) atoms. The lowest BCUT2D eigenvalue weighted by molar-refractivity contribution is -0.137. The molecule has 2 saturated heterocycles. The SMILES string of the molecule is Cc1cc([C@H]2CCCN2C(=O)CN2C(=O)CNC2=O)on1. The molecule has 2 fully saturated rings. The lowest BCUT2D eigenvalue weighted by Crippen LogP contribution is -2.42. The molecule has 4 amide bonds. The molecule has 1 aromatic heterocycles. The fourth-order valence-corrected chi connectivity index (χ4v) is 2.74. The summed E-state index contributed by atoms with van der Waals surface area (Å²) in [6, 6.07) is 1.13. The van der Waals surface area contributed by atoms with Crippen molar-refractivity contribution in [3.8, 4) is 0 Å². The number of aryl methyl sites for hydroxylation is 1. The van der Waals surface area contributed by atoms with E-state index >= 15 is 0 Å². The third-order valence-corrected chi connectivity index (χ3v) is 3.78. The number of urea groups is 1. The van der Waals surface area contributed by atoms with Gasteiger partial charge in [-0.15, -0.1) is 0 Å². The number of amides is 4. The second-order valence-corrected chi connectivity index (χ2v) is 5.25. The van der Waals surface area contributed by atoms with Gasteiger partial charge in [0.05, 0.1) is 18.3 Å². The largest absolute Gasteiger partial charge is 0.359 e. The van der Waals surface area contributed by atoms with Gasteiger partial charge in [0.2, 0.25) is 5.91 Å². The van der Waals surface area contributed by atoms with Gasteiger partial charge in [-0.3, -0.25) is 14.5 Å². The van der Waals surface area contributed by atoms with E-state index in [9.17, 15) is 14.4 Å². The number of carbonyl (C=O) groups is 3. The van der Waals surface area contributed by atoms with Crippen LogP contribution < -0.4 is 5.32 Å². The molecule has 8 heteroatoms. The second kappa shape index (κ2) is 5.19. The Morgan fingerprint density at radius 3 is 2.95 bits per heavy atom. The summed E-state index contributed by atoms with van der Waals surface area (Å²) in [5, 5.41) is 6.24. The minimum absolute atomic E-state index is 0.0448. The first-order valence-electron chi connectivity index (χ1n) is 6.87. The number of imide groups is 1. The Morgan fingerprint density at radius 1 is 1.52 bits per heavy atom. The predicted octanol–water partition coefficient (Wildman–Crippen LogP) is 0.198. The van der Waals surface area contributed by atoms with E-state index in [2.05, 4.69) is 10.5 Å². The van der Waals surface area contributed by atoms with Gasteiger partial charge < -0.3 is 14.7 Å². The highest BCUT2D eigenvalue weighted by Crippen LogP contribution is 2.32. The van der Waals surface area contributed by atoms with Gasteiger partial charge in [-0.25, -0.2) is 4.79 Å². The first-order valence-corrected chi connectivity index (χ1v) is 6.87. The van der Waals surface area contributed by atoms with E-state index in [1.165, 1.54) is 0 Å². The number of aromatic nitrogens is 1. The van der Waals surface area contributed by atoms with Crippen LogP contribution in [0.3, 0.4) is 0 Å². The minimum Gasteiger partial charge on any atom is -0.359 e. The zero-order chi connectivity index (χ0) is 15.0. The molecule has 0 bridgehead atoms. The molecule has 0 unspecified atom stereocenters. The van der Waals surface area contributed by atoms with Crippen LogP contribution in [0.25, 0.3) is 0 Å². The van der Waals surface area contributed by atoms with Gasteiger partial charge in [0.1, 0.15) is 6.54 Å². The molecule has 3 rings (SSSR count). The van der Waals surface area contributed by atoms with E-state index in [1.807, 2.05) is 13.0 Å². The molecule has 0 radical (unpaired) electrons. The highest BCUT2D eigenvalue weighted by molar-refractivity contribution is 6.04. The monoisotopic (exact) mass is 292 g/mol. The number of rotatable bonds is 3. The second-order valence-electron chi connectivity index (χ2n) is 5.25. The van der Waals surface area contributed by atoms with E-state index in [0.717, 1.165) is 23.4 Å². The third-order valence-electron chi connectivity index (χ3n) is 3.78. The van der Waals surface area contributed by atoms with E-state index in [4.69, 9.17) is 4.52 Å². The van der Waals surface area contributed by atoms with Gasteiger partial charge in [-0.05, 0) is 19.8 Å². The van der Waals surface area contributed by atoms with Crippen molar-refractivity contribution in [2.75, 3.05) is 19.6 Å². The smallest absolute Gasteiger partial charge is 0.325 e. The topological polar surface area (TPSA) is 95.8 Å². The molecule has 1 N–H and O–H groups in total. The molecule has 112 valence electrons. The molecule has 2 aliphatic rings. The first kappa shape index (κ1) is 13.6. The zero-order valence-electron chi connectivity index (χ0n) is 11.7. The molecule has 1 atom stereocenters. The fraction of sp³-hybridized carbons (Fsp3) is 0.538. The van der Waals surface area contributed by atoms with Crippen LogP contribution in [0.2, 0.25) is 0 Å². The van der Waals surface area contributed by atoms with Crippen molar-refractivity contribution in [3.63, 3.8) is 0 Å². The summed E-state index contributed by atoms with van der Waals surface area (Å²) in [6.07, 6.45) is 1.65. The number of hydrogen-bond donors (Lipinski definition) is 1. The quantitative estimate of drug-likeness (QED) is 0.803. The Kier molecular flexibility index (Phi) is 3.36. The molecule has 2 aliphatic heterocycles. The lowest BCUT2D eigenvalue weighted by atomic mass is 10.1. The van der Waals surface area contributed by atoms with Gasteiger partial charge in [0.15, 0.2) is 5.76 Å². The number of likely N-dealkylation sites (tertiary alicyclic amines) is 1. The number of hydrogen-bond acceptors (Lipinski definition) is 5. The average Bonchev–Trinajstić information content (AvgIpc) is 3.14. The van der Waals surface area contributed by atoms with Gasteiger partial charge in [0.25, 0.3) is 5.91 Å². The Morgan fingerprint density at radius 2 is 2.33 bits per heavy atom. The molecular weight excluding hydrogens is 276 g/mol. The number of carbonyl (C=O) groups excluding carboxylic acids is 3. The highest BCUT2D eigenvalue weighted by Gasteiger charge is 2.36. The van der Waals surface area contributed by atoms with Crippen molar-refractivity contribution in [1.82, 2.24) is 20.3 Å². The van der Waals surface area contributed by atoms with E-state index in [1.54, 1.807) is 4.90 Å². The summed E-state index contributed by atoms with van der Waals surface area (Å²) in [7, 11) is 0. The standard InChI is InChI=1S/C13H16N4O4/c1-8-5-10(21-15-8)9-3-2-4-16(9)12(19)7-17-11(18)6-14-13(17)20/h5,9H,2-4,6-7H2,1H3,(H,14,20)/t9-/m1/s1. The van der Waals surface area contributed by atoms with Crippen molar-refractivity contribution < 1.29 is 18.9 Å². The number of nitrogens with one attached hydrogen (secondary N) is 1. The molecule has 0 aliphatic carbocycles. The van der Waals surface area contributed by atoms with Crippen LogP contribution in [0.5, 0.6) is 0 Å². The van der Waals surface area contributed by atoms with Crippen LogP contribution in [-0.2, 0) is 9.59 Å². The Labute approximate surface area is 121 Å². The summed E-state index contributed by atoms with van der Waals surface area (Å²) in [5.41, 5.74) is 0.762. The van der Waals surface area contributed by atoms with Crippen LogP contribution in [0.1, 0.15) is 30.3 Å². The van der Waals surface area contributed by atoms with Gasteiger partial charge in [-0.2, -0.15) is 0 Å². The van der Waals surface area contributed by atoms with Crippen molar-refractivity contribution in [2.45, 2.75) is 25.8 Å². The van der Waals surface area contributed by atoms with E-state index < -0.39 is 6.03 Å². The summed E-state index contributed by atoms with van der Waals surface area (Å²) in [5.74, 6) is 0.0205. The van der Waals surface area contributed by atoms with Crippen LogP contribution in [-0.4, -0.2) is 52.4 Å².